The number of hydrogen-bond donors (Lipinski definition) is 1. The number of rotatable bonds is 7. The average molecular weight is 333 g/mol. The molecule has 1 N–H and O–H groups in total. The molecule has 0 aromatic heterocycles. The Morgan fingerprint density at radius 2 is 2.08 bits per heavy atom. The molecule has 0 radical (unpaired) electrons. The van der Waals surface area contributed by atoms with Gasteiger partial charge in [0, 0.05) is 33.2 Å². The quantitative estimate of drug-likeness (QED) is 0.473. The van der Waals surface area contributed by atoms with Crippen LogP contribution in [-0.2, 0) is 4.74 Å². The van der Waals surface area contributed by atoms with Gasteiger partial charge >= 0.3 is 0 Å². The smallest absolute Gasteiger partial charge is 0.193 e. The van der Waals surface area contributed by atoms with E-state index in [1.165, 1.54) is 5.56 Å². The molecule has 0 bridgehead atoms. The summed E-state index contributed by atoms with van der Waals surface area (Å²) in [6.07, 6.45) is 1.16. The maximum absolute atomic E-state index is 5.80. The van der Waals surface area contributed by atoms with Crippen LogP contribution < -0.4 is 10.1 Å². The number of ether oxygens (including phenoxy) is 2. The number of nitrogens with one attached hydrogen (secondary N) is 1. The van der Waals surface area contributed by atoms with Crippen LogP contribution in [0.15, 0.2) is 29.3 Å². The highest BCUT2D eigenvalue weighted by atomic mass is 16.5. The Labute approximate surface area is 146 Å². The molecule has 5 nitrogen and oxygen atoms in total. The minimum atomic E-state index is 0.548. The molecule has 2 rings (SSSR count). The number of hydrogen-bond acceptors (Lipinski definition) is 3. The summed E-state index contributed by atoms with van der Waals surface area (Å²) in [5, 5.41) is 3.38. The van der Waals surface area contributed by atoms with E-state index < -0.39 is 0 Å². The third-order valence-corrected chi connectivity index (χ3v) is 4.40. The largest absolute Gasteiger partial charge is 0.492 e. The Hall–Kier alpha value is -1.75. The van der Waals surface area contributed by atoms with Crippen molar-refractivity contribution in [2.24, 2.45) is 10.9 Å². The van der Waals surface area contributed by atoms with Crippen LogP contribution in [0.3, 0.4) is 0 Å². The van der Waals surface area contributed by atoms with Crippen LogP contribution in [0, 0.1) is 5.92 Å². The highest BCUT2D eigenvalue weighted by molar-refractivity contribution is 5.80. The van der Waals surface area contributed by atoms with Crippen molar-refractivity contribution in [3.63, 3.8) is 0 Å². The first kappa shape index (κ1) is 18.6. The molecule has 134 valence electrons. The zero-order valence-corrected chi connectivity index (χ0v) is 15.4. The van der Waals surface area contributed by atoms with Crippen molar-refractivity contribution in [2.45, 2.75) is 26.2 Å². The number of methoxy groups -OCH3 is 1. The predicted molar refractivity (Wildman–Crippen MR) is 98.9 cm³/mol. The lowest BCUT2D eigenvalue weighted by molar-refractivity contribution is 0.157. The highest BCUT2D eigenvalue weighted by Crippen LogP contribution is 2.18. The Bertz CT molecular complexity index is 514. The molecular formula is C19H31N3O2. The number of nitrogens with zero attached hydrogens (tertiary/aromatic N) is 2. The van der Waals surface area contributed by atoms with Gasteiger partial charge in [-0.2, -0.15) is 0 Å². The Balaban J connectivity index is 1.71. The maximum atomic E-state index is 5.80. The number of guanidine groups is 1. The van der Waals surface area contributed by atoms with E-state index in [2.05, 4.69) is 41.2 Å². The van der Waals surface area contributed by atoms with Crippen molar-refractivity contribution in [3.8, 4) is 5.75 Å². The van der Waals surface area contributed by atoms with Crippen LogP contribution in [0.4, 0.5) is 0 Å². The summed E-state index contributed by atoms with van der Waals surface area (Å²) in [4.78, 5) is 6.67. The van der Waals surface area contributed by atoms with Gasteiger partial charge in [-0.05, 0) is 30.0 Å². The lowest BCUT2D eigenvalue weighted by Gasteiger charge is -2.21. The third kappa shape index (κ3) is 5.41. The molecule has 1 aromatic rings. The summed E-state index contributed by atoms with van der Waals surface area (Å²) >= 11 is 0. The molecule has 1 atom stereocenters. The molecule has 1 unspecified atom stereocenters. The summed E-state index contributed by atoms with van der Waals surface area (Å²) in [6, 6.07) is 8.35. The van der Waals surface area contributed by atoms with Gasteiger partial charge in [-0.15, -0.1) is 0 Å². The van der Waals surface area contributed by atoms with Gasteiger partial charge in [-0.25, -0.2) is 0 Å². The second-order valence-corrected chi connectivity index (χ2v) is 6.60. The van der Waals surface area contributed by atoms with Gasteiger partial charge in [0.25, 0.3) is 0 Å². The zero-order chi connectivity index (χ0) is 17.4. The normalized spacial score (nSPS) is 18.3. The summed E-state index contributed by atoms with van der Waals surface area (Å²) in [6.45, 7) is 8.61. The fourth-order valence-electron chi connectivity index (χ4n) is 3.01. The summed E-state index contributed by atoms with van der Waals surface area (Å²) < 4.78 is 11.1. The van der Waals surface area contributed by atoms with E-state index >= 15 is 0 Å². The van der Waals surface area contributed by atoms with Crippen molar-refractivity contribution in [1.82, 2.24) is 10.2 Å². The molecule has 1 aromatic carbocycles. The summed E-state index contributed by atoms with van der Waals surface area (Å²) in [7, 11) is 3.60. The minimum Gasteiger partial charge on any atom is -0.492 e. The average Bonchev–Trinajstić information content (AvgIpc) is 3.04. The first-order valence-corrected chi connectivity index (χ1v) is 8.81. The van der Waals surface area contributed by atoms with E-state index in [1.807, 2.05) is 19.2 Å². The van der Waals surface area contributed by atoms with E-state index in [4.69, 9.17) is 9.47 Å². The fourth-order valence-corrected chi connectivity index (χ4v) is 3.01. The zero-order valence-electron chi connectivity index (χ0n) is 15.4. The van der Waals surface area contributed by atoms with Crippen LogP contribution >= 0.6 is 0 Å². The van der Waals surface area contributed by atoms with Crippen LogP contribution in [0.5, 0.6) is 5.75 Å². The SMILES string of the molecule is CN=C(NCCOc1ccc(C(C)C)cc1)N1CCC(COC)C1. The number of benzene rings is 1. The van der Waals surface area contributed by atoms with Gasteiger partial charge in [0.2, 0.25) is 0 Å². The summed E-state index contributed by atoms with van der Waals surface area (Å²) in [5.41, 5.74) is 1.33. The lowest BCUT2D eigenvalue weighted by atomic mass is 10.0. The van der Waals surface area contributed by atoms with Crippen molar-refractivity contribution in [1.29, 1.82) is 0 Å². The molecule has 0 spiro atoms. The van der Waals surface area contributed by atoms with Crippen LogP contribution in [0.1, 0.15) is 31.7 Å². The van der Waals surface area contributed by atoms with Crippen LogP contribution in [0.25, 0.3) is 0 Å². The maximum Gasteiger partial charge on any atom is 0.193 e. The fraction of sp³-hybridized carbons (Fsp3) is 0.632. The molecule has 0 saturated carbocycles. The van der Waals surface area contributed by atoms with Gasteiger partial charge in [-0.3, -0.25) is 4.99 Å². The second kappa shape index (κ2) is 9.52. The van der Waals surface area contributed by atoms with Crippen molar-refractivity contribution < 1.29 is 9.47 Å². The molecule has 24 heavy (non-hydrogen) atoms. The van der Waals surface area contributed by atoms with E-state index in [0.717, 1.165) is 44.4 Å². The molecule has 5 heteroatoms. The molecule has 1 aliphatic rings. The third-order valence-electron chi connectivity index (χ3n) is 4.40. The number of likely N-dealkylation sites (tertiary alicyclic amines) is 1. The molecule has 1 heterocycles. The second-order valence-electron chi connectivity index (χ2n) is 6.60. The van der Waals surface area contributed by atoms with Crippen molar-refractivity contribution in [3.05, 3.63) is 29.8 Å². The monoisotopic (exact) mass is 333 g/mol. The van der Waals surface area contributed by atoms with E-state index in [0.29, 0.717) is 18.4 Å². The Kier molecular flexibility index (Phi) is 7.37. The van der Waals surface area contributed by atoms with E-state index in [-0.39, 0.29) is 0 Å². The Morgan fingerprint density at radius 3 is 2.71 bits per heavy atom. The topological polar surface area (TPSA) is 46.1 Å². The van der Waals surface area contributed by atoms with Gasteiger partial charge < -0.3 is 19.7 Å². The predicted octanol–water partition coefficient (Wildman–Crippen LogP) is 2.73. The van der Waals surface area contributed by atoms with Gasteiger partial charge in [0.05, 0.1) is 13.2 Å². The molecule has 1 aliphatic heterocycles. The summed E-state index contributed by atoms with van der Waals surface area (Å²) in [5.74, 6) is 3.01. The van der Waals surface area contributed by atoms with Crippen molar-refractivity contribution >= 4 is 5.96 Å². The lowest BCUT2D eigenvalue weighted by Crippen LogP contribution is -2.41. The molecule has 0 amide bonds. The van der Waals surface area contributed by atoms with Gasteiger partial charge in [-0.1, -0.05) is 26.0 Å². The Morgan fingerprint density at radius 1 is 1.33 bits per heavy atom. The van der Waals surface area contributed by atoms with Crippen molar-refractivity contribution in [2.75, 3.05) is 47.0 Å². The van der Waals surface area contributed by atoms with Crippen LogP contribution in [-0.4, -0.2) is 57.9 Å². The molecule has 1 saturated heterocycles. The molecule has 0 aliphatic carbocycles. The minimum absolute atomic E-state index is 0.548. The molecule has 1 fully saturated rings. The first-order chi connectivity index (χ1) is 11.6. The van der Waals surface area contributed by atoms with E-state index in [1.54, 1.807) is 7.11 Å². The van der Waals surface area contributed by atoms with Gasteiger partial charge in [0.15, 0.2) is 5.96 Å². The first-order valence-electron chi connectivity index (χ1n) is 8.81. The highest BCUT2D eigenvalue weighted by Gasteiger charge is 2.24. The van der Waals surface area contributed by atoms with Gasteiger partial charge in [0.1, 0.15) is 12.4 Å². The number of aliphatic imine (C=N–C) groups is 1. The van der Waals surface area contributed by atoms with Crippen LogP contribution in [0.2, 0.25) is 0 Å². The molecular weight excluding hydrogens is 302 g/mol. The van der Waals surface area contributed by atoms with E-state index in [9.17, 15) is 0 Å². The standard InChI is InChI=1S/C19H31N3O2/c1-15(2)17-5-7-18(8-6-17)24-12-10-21-19(20-3)22-11-9-16(13-22)14-23-4/h5-8,15-16H,9-14H2,1-4H3,(H,20,21).